The fraction of sp³-hybridized carbons (Fsp3) is 0.333. The van der Waals surface area contributed by atoms with Crippen LogP contribution in [-0.4, -0.2) is 0 Å². The summed E-state index contributed by atoms with van der Waals surface area (Å²) in [7, 11) is 0. The van der Waals surface area contributed by atoms with Gasteiger partial charge in [-0.2, -0.15) is 0 Å². The average Bonchev–Trinajstić information content (AvgIpc) is 1.94. The van der Waals surface area contributed by atoms with E-state index in [0.29, 0.717) is 0 Å². The van der Waals surface area contributed by atoms with Crippen LogP contribution in [0.25, 0.3) is 0 Å². The highest BCUT2D eigenvalue weighted by Gasteiger charge is 1.94. The van der Waals surface area contributed by atoms with Crippen LogP contribution in [-0.2, 0) is 4.43 Å². The molecule has 0 unspecified atom stereocenters. The minimum absolute atomic E-state index is 1.12. The van der Waals surface area contributed by atoms with E-state index in [4.69, 9.17) is 0 Å². The van der Waals surface area contributed by atoms with Gasteiger partial charge in [-0.25, -0.2) is 0 Å². The van der Waals surface area contributed by atoms with Crippen LogP contribution in [0, 0.1) is 13.8 Å². The highest BCUT2D eigenvalue weighted by Crippen LogP contribution is 2.13. The molecular weight excluding hydrogens is 235 g/mol. The van der Waals surface area contributed by atoms with Gasteiger partial charge in [-0.1, -0.05) is 46.4 Å². The molecule has 0 saturated carbocycles. The van der Waals surface area contributed by atoms with E-state index in [9.17, 15) is 0 Å². The van der Waals surface area contributed by atoms with Gasteiger partial charge in [0.1, 0.15) is 0 Å². The number of benzene rings is 1. The largest absolute Gasteiger partial charge is 0.0812 e. The molecule has 54 valence electrons. The zero-order valence-corrected chi connectivity index (χ0v) is 8.47. The lowest BCUT2D eigenvalue weighted by Gasteiger charge is -2.01. The van der Waals surface area contributed by atoms with Gasteiger partial charge in [0.15, 0.2) is 0 Å². The van der Waals surface area contributed by atoms with Gasteiger partial charge in [-0.15, -0.1) is 0 Å². The lowest BCUT2D eigenvalue weighted by molar-refractivity contribution is 1.29. The summed E-state index contributed by atoms with van der Waals surface area (Å²) < 4.78 is 1.12. The smallest absolute Gasteiger partial charge is 0.0249 e. The van der Waals surface area contributed by atoms with Gasteiger partial charge in [0, 0.05) is 4.43 Å². The summed E-state index contributed by atoms with van der Waals surface area (Å²) in [5.41, 5.74) is 4.22. The van der Waals surface area contributed by atoms with E-state index in [2.05, 4.69) is 54.6 Å². The van der Waals surface area contributed by atoms with Gasteiger partial charge >= 0.3 is 0 Å². The van der Waals surface area contributed by atoms with Crippen molar-refractivity contribution >= 4 is 22.6 Å². The first kappa shape index (κ1) is 8.05. The Hall–Kier alpha value is -0.0500. The molecule has 1 aromatic carbocycles. The summed E-state index contributed by atoms with van der Waals surface area (Å²) in [6, 6.07) is 6.59. The van der Waals surface area contributed by atoms with Crippen molar-refractivity contribution in [3.63, 3.8) is 0 Å². The third-order valence-electron chi connectivity index (χ3n) is 1.65. The first-order valence-electron chi connectivity index (χ1n) is 3.36. The first-order chi connectivity index (χ1) is 4.74. The van der Waals surface area contributed by atoms with E-state index in [-0.39, 0.29) is 0 Å². The van der Waals surface area contributed by atoms with Gasteiger partial charge in [0.2, 0.25) is 0 Å². The molecule has 0 amide bonds. The lowest BCUT2D eigenvalue weighted by Crippen LogP contribution is -1.84. The van der Waals surface area contributed by atoms with Crippen molar-refractivity contribution in [3.05, 3.63) is 34.9 Å². The Balaban J connectivity index is 3.09. The van der Waals surface area contributed by atoms with Crippen molar-refractivity contribution in [2.45, 2.75) is 18.3 Å². The average molecular weight is 246 g/mol. The molecule has 10 heavy (non-hydrogen) atoms. The van der Waals surface area contributed by atoms with Crippen LogP contribution in [0.4, 0.5) is 0 Å². The van der Waals surface area contributed by atoms with E-state index in [1.165, 1.54) is 16.7 Å². The van der Waals surface area contributed by atoms with Gasteiger partial charge in [0.25, 0.3) is 0 Å². The van der Waals surface area contributed by atoms with Crippen molar-refractivity contribution < 1.29 is 0 Å². The van der Waals surface area contributed by atoms with Crippen LogP contribution in [0.3, 0.4) is 0 Å². The van der Waals surface area contributed by atoms with Gasteiger partial charge < -0.3 is 0 Å². The molecule has 1 aromatic rings. The molecule has 1 rings (SSSR count). The molecule has 0 N–H and O–H groups in total. The lowest BCUT2D eigenvalue weighted by atomic mass is 10.1. The molecule has 0 heterocycles. The van der Waals surface area contributed by atoms with Crippen molar-refractivity contribution in [2.75, 3.05) is 0 Å². The molecule has 0 aromatic heterocycles. The van der Waals surface area contributed by atoms with Gasteiger partial charge in [-0.3, -0.25) is 0 Å². The monoisotopic (exact) mass is 246 g/mol. The van der Waals surface area contributed by atoms with Crippen molar-refractivity contribution in [1.82, 2.24) is 0 Å². The SMILES string of the molecule is Cc1ccc(C)c(CI)c1. The maximum absolute atomic E-state index is 2.40. The number of aryl methyl sites for hydroxylation is 2. The predicted molar refractivity (Wildman–Crippen MR) is 53.6 cm³/mol. The quantitative estimate of drug-likeness (QED) is 0.527. The van der Waals surface area contributed by atoms with Crippen molar-refractivity contribution in [2.24, 2.45) is 0 Å². The minimum atomic E-state index is 1.12. The third-order valence-corrected chi connectivity index (χ3v) is 2.47. The van der Waals surface area contributed by atoms with Crippen LogP contribution in [0.15, 0.2) is 18.2 Å². The summed E-state index contributed by atoms with van der Waals surface area (Å²) in [5.74, 6) is 0. The Kier molecular flexibility index (Phi) is 2.72. The zero-order chi connectivity index (χ0) is 7.56. The van der Waals surface area contributed by atoms with E-state index in [1.807, 2.05) is 0 Å². The number of rotatable bonds is 1. The predicted octanol–water partition coefficient (Wildman–Crippen LogP) is 3.24. The molecule has 0 fully saturated rings. The third kappa shape index (κ3) is 1.72. The Morgan fingerprint density at radius 3 is 2.50 bits per heavy atom. The zero-order valence-electron chi connectivity index (χ0n) is 6.32. The second kappa shape index (κ2) is 3.37. The Morgan fingerprint density at radius 2 is 2.00 bits per heavy atom. The van der Waals surface area contributed by atoms with Crippen LogP contribution < -0.4 is 0 Å². The first-order valence-corrected chi connectivity index (χ1v) is 4.88. The summed E-state index contributed by atoms with van der Waals surface area (Å²) in [6.45, 7) is 4.29. The summed E-state index contributed by atoms with van der Waals surface area (Å²) in [6.07, 6.45) is 0. The van der Waals surface area contributed by atoms with E-state index < -0.39 is 0 Å². The number of hydrogen-bond donors (Lipinski definition) is 0. The van der Waals surface area contributed by atoms with Crippen molar-refractivity contribution in [1.29, 1.82) is 0 Å². The molecule has 0 aliphatic heterocycles. The molecule has 0 aliphatic rings. The van der Waals surface area contributed by atoms with Crippen molar-refractivity contribution in [3.8, 4) is 0 Å². The highest BCUT2D eigenvalue weighted by molar-refractivity contribution is 14.1. The Morgan fingerprint density at radius 1 is 1.30 bits per heavy atom. The normalized spacial score (nSPS) is 9.90. The second-order valence-corrected chi connectivity index (χ2v) is 3.33. The van der Waals surface area contributed by atoms with E-state index in [0.717, 1.165) is 4.43 Å². The number of halogens is 1. The van der Waals surface area contributed by atoms with Crippen LogP contribution in [0.2, 0.25) is 0 Å². The summed E-state index contributed by atoms with van der Waals surface area (Å²) in [5, 5.41) is 0. The van der Waals surface area contributed by atoms with E-state index >= 15 is 0 Å². The maximum Gasteiger partial charge on any atom is 0.0249 e. The summed E-state index contributed by atoms with van der Waals surface area (Å²) >= 11 is 2.40. The topological polar surface area (TPSA) is 0 Å². The molecule has 0 bridgehead atoms. The van der Waals surface area contributed by atoms with E-state index in [1.54, 1.807) is 0 Å². The van der Waals surface area contributed by atoms with Crippen LogP contribution in [0.5, 0.6) is 0 Å². The molecule has 0 saturated heterocycles. The summed E-state index contributed by atoms with van der Waals surface area (Å²) in [4.78, 5) is 0. The van der Waals surface area contributed by atoms with Crippen LogP contribution in [0.1, 0.15) is 16.7 Å². The molecule has 0 nitrogen and oxygen atoms in total. The molecule has 0 spiro atoms. The molecule has 1 heteroatoms. The minimum Gasteiger partial charge on any atom is -0.0812 e. The fourth-order valence-electron chi connectivity index (χ4n) is 0.944. The molecular formula is C9H11I. The van der Waals surface area contributed by atoms with Gasteiger partial charge in [0.05, 0.1) is 0 Å². The Bertz CT molecular complexity index is 228. The number of alkyl halides is 1. The van der Waals surface area contributed by atoms with Gasteiger partial charge in [-0.05, 0) is 25.0 Å². The fourth-order valence-corrected chi connectivity index (χ4v) is 1.77. The standard InChI is InChI=1S/C9H11I/c1-7-3-4-8(2)9(5-7)6-10/h3-5H,6H2,1-2H3. The van der Waals surface area contributed by atoms with Crippen LogP contribution >= 0.6 is 22.6 Å². The number of hydrogen-bond acceptors (Lipinski definition) is 0. The molecule has 0 atom stereocenters. The highest BCUT2D eigenvalue weighted by atomic mass is 127. The maximum atomic E-state index is 2.40. The molecule has 0 aliphatic carbocycles. The second-order valence-electron chi connectivity index (χ2n) is 2.56. The Labute approximate surface area is 75.8 Å². The molecule has 0 radical (unpaired) electrons.